The van der Waals surface area contributed by atoms with E-state index in [9.17, 15) is 9.18 Å². The Kier molecular flexibility index (Phi) is 3.61. The second-order valence-electron chi connectivity index (χ2n) is 3.71. The molecule has 1 heterocycles. The van der Waals surface area contributed by atoms with Gasteiger partial charge in [-0.25, -0.2) is 14.2 Å². The van der Waals surface area contributed by atoms with Crippen LogP contribution >= 0.6 is 0 Å². The van der Waals surface area contributed by atoms with Crippen LogP contribution in [0, 0.1) is 5.82 Å². The summed E-state index contributed by atoms with van der Waals surface area (Å²) < 4.78 is 18.1. The van der Waals surface area contributed by atoms with Crippen molar-refractivity contribution >= 4 is 17.5 Å². The van der Waals surface area contributed by atoms with Gasteiger partial charge in [-0.3, -0.25) is 0 Å². The summed E-state index contributed by atoms with van der Waals surface area (Å²) in [6.07, 6.45) is 1.24. The summed E-state index contributed by atoms with van der Waals surface area (Å²) in [4.78, 5) is 14.6. The second kappa shape index (κ2) is 5.34. The highest BCUT2D eigenvalue weighted by molar-refractivity contribution is 5.87. The van der Waals surface area contributed by atoms with Crippen LogP contribution in [-0.2, 0) is 0 Å². The van der Waals surface area contributed by atoms with E-state index >= 15 is 0 Å². The molecule has 0 bridgehead atoms. The van der Waals surface area contributed by atoms with Crippen molar-refractivity contribution in [2.24, 2.45) is 0 Å². The van der Waals surface area contributed by atoms with E-state index in [2.05, 4.69) is 10.3 Å². The molecule has 0 amide bonds. The lowest BCUT2D eigenvalue weighted by Gasteiger charge is -2.10. The predicted molar refractivity (Wildman–Crippen MR) is 67.4 cm³/mol. The zero-order valence-corrected chi connectivity index (χ0v) is 10.1. The van der Waals surface area contributed by atoms with Gasteiger partial charge in [-0.1, -0.05) is 0 Å². The van der Waals surface area contributed by atoms with Crippen LogP contribution in [0.3, 0.4) is 0 Å². The topological polar surface area (TPSA) is 71.5 Å². The fourth-order valence-electron chi connectivity index (χ4n) is 1.50. The molecule has 0 spiro atoms. The van der Waals surface area contributed by atoms with Crippen molar-refractivity contribution in [2.45, 2.75) is 0 Å². The van der Waals surface area contributed by atoms with Crippen LogP contribution in [0.25, 0.3) is 0 Å². The number of hydrogen-bond acceptors (Lipinski definition) is 4. The summed E-state index contributed by atoms with van der Waals surface area (Å²) >= 11 is 0. The number of aromatic nitrogens is 1. The van der Waals surface area contributed by atoms with Crippen LogP contribution in [0.5, 0.6) is 5.75 Å². The zero-order valence-electron chi connectivity index (χ0n) is 10.1. The van der Waals surface area contributed by atoms with Crippen LogP contribution in [-0.4, -0.2) is 23.2 Å². The average Bonchev–Trinajstić information content (AvgIpc) is 2.41. The van der Waals surface area contributed by atoms with Crippen LogP contribution in [0.4, 0.5) is 15.9 Å². The molecular weight excluding hydrogens is 251 g/mol. The Morgan fingerprint density at radius 1 is 1.37 bits per heavy atom. The van der Waals surface area contributed by atoms with E-state index in [1.165, 1.54) is 43.6 Å². The predicted octanol–water partition coefficient (Wildman–Crippen LogP) is 2.67. The minimum atomic E-state index is -1.04. The molecular formula is C13H11FN2O3. The number of nitrogens with zero attached hydrogens (tertiary/aromatic N) is 1. The smallest absolute Gasteiger partial charge is 0.337 e. The van der Waals surface area contributed by atoms with Crippen molar-refractivity contribution in [1.29, 1.82) is 0 Å². The molecule has 2 rings (SSSR count). The zero-order chi connectivity index (χ0) is 13.8. The number of aromatic carboxylic acids is 1. The first-order valence-electron chi connectivity index (χ1n) is 5.40. The minimum absolute atomic E-state index is 0.0941. The number of ether oxygens (including phenoxy) is 1. The largest absolute Gasteiger partial charge is 0.494 e. The molecule has 0 aliphatic carbocycles. The Morgan fingerprint density at radius 2 is 2.16 bits per heavy atom. The lowest BCUT2D eigenvalue weighted by molar-refractivity contribution is 0.0696. The van der Waals surface area contributed by atoms with Crippen molar-refractivity contribution in [2.75, 3.05) is 12.4 Å². The summed E-state index contributed by atoms with van der Waals surface area (Å²) in [6.45, 7) is 0. The number of halogens is 1. The van der Waals surface area contributed by atoms with Gasteiger partial charge < -0.3 is 15.2 Å². The number of pyridine rings is 1. The van der Waals surface area contributed by atoms with Crippen LogP contribution in [0.2, 0.25) is 0 Å². The average molecular weight is 262 g/mol. The van der Waals surface area contributed by atoms with Crippen LogP contribution < -0.4 is 10.1 Å². The Bertz CT molecular complexity index is 599. The molecule has 0 radical (unpaired) electrons. The van der Waals surface area contributed by atoms with Gasteiger partial charge in [-0.2, -0.15) is 0 Å². The third kappa shape index (κ3) is 2.98. The van der Waals surface area contributed by atoms with Gasteiger partial charge in [-0.15, -0.1) is 0 Å². The van der Waals surface area contributed by atoms with Crippen molar-refractivity contribution in [3.05, 3.63) is 47.9 Å². The fraction of sp³-hybridized carbons (Fsp3) is 0.0769. The van der Waals surface area contributed by atoms with E-state index < -0.39 is 11.8 Å². The number of nitrogens with one attached hydrogen (secondary N) is 1. The highest BCUT2D eigenvalue weighted by atomic mass is 19.1. The number of rotatable bonds is 4. The fourth-order valence-corrected chi connectivity index (χ4v) is 1.50. The molecule has 0 fully saturated rings. The van der Waals surface area contributed by atoms with Gasteiger partial charge in [0.05, 0.1) is 18.4 Å². The highest BCUT2D eigenvalue weighted by Crippen LogP contribution is 2.27. The molecule has 0 unspecified atom stereocenters. The maximum absolute atomic E-state index is 13.0. The Labute approximate surface area is 108 Å². The number of hydrogen-bond donors (Lipinski definition) is 2. The molecule has 5 nitrogen and oxygen atoms in total. The van der Waals surface area contributed by atoms with Gasteiger partial charge in [0.1, 0.15) is 17.4 Å². The lowest BCUT2D eigenvalue weighted by Crippen LogP contribution is -2.00. The first-order valence-corrected chi connectivity index (χ1v) is 5.40. The molecule has 2 aromatic rings. The molecule has 0 saturated heterocycles. The summed E-state index contributed by atoms with van der Waals surface area (Å²) in [5, 5.41) is 11.7. The molecule has 6 heteroatoms. The Balaban J connectivity index is 2.23. The summed E-state index contributed by atoms with van der Waals surface area (Å²) in [5.41, 5.74) is 0.635. The van der Waals surface area contributed by atoms with Gasteiger partial charge in [0.15, 0.2) is 0 Å². The Morgan fingerprint density at radius 3 is 2.74 bits per heavy atom. The summed E-state index contributed by atoms with van der Waals surface area (Å²) in [6, 6.07) is 6.99. The maximum Gasteiger partial charge on any atom is 0.337 e. The van der Waals surface area contributed by atoms with Gasteiger partial charge in [0.2, 0.25) is 0 Å². The standard InChI is InChI=1S/C13H11FN2O3/c1-19-11-6-9(14)3-4-10(11)16-12-5-2-8(7-15-12)13(17)18/h2-7H,1H3,(H,15,16)(H,17,18). The molecule has 0 saturated carbocycles. The van der Waals surface area contributed by atoms with Crippen molar-refractivity contribution in [1.82, 2.24) is 4.98 Å². The van der Waals surface area contributed by atoms with E-state index in [4.69, 9.17) is 9.84 Å². The molecule has 98 valence electrons. The van der Waals surface area contributed by atoms with Gasteiger partial charge >= 0.3 is 5.97 Å². The first-order chi connectivity index (χ1) is 9.10. The van der Waals surface area contributed by atoms with Gasteiger partial charge in [-0.05, 0) is 24.3 Å². The molecule has 0 aliphatic heterocycles. The third-order valence-electron chi connectivity index (χ3n) is 2.44. The number of anilines is 2. The molecule has 2 N–H and O–H groups in total. The number of carboxylic acid groups (broad SMARTS) is 1. The highest BCUT2D eigenvalue weighted by Gasteiger charge is 2.07. The number of carbonyl (C=O) groups is 1. The molecule has 1 aromatic carbocycles. The maximum atomic E-state index is 13.0. The van der Waals surface area contributed by atoms with Crippen molar-refractivity contribution in [3.8, 4) is 5.75 Å². The van der Waals surface area contributed by atoms with E-state index in [1.807, 2.05) is 0 Å². The van der Waals surface area contributed by atoms with Gasteiger partial charge in [0, 0.05) is 12.3 Å². The number of methoxy groups -OCH3 is 1. The second-order valence-corrected chi connectivity index (χ2v) is 3.71. The summed E-state index contributed by atoms with van der Waals surface area (Å²) in [7, 11) is 1.43. The molecule has 0 atom stereocenters. The van der Waals surface area contributed by atoms with Crippen LogP contribution in [0.1, 0.15) is 10.4 Å². The molecule has 0 aliphatic rings. The SMILES string of the molecule is COc1cc(F)ccc1Nc1ccc(C(=O)O)cn1. The normalized spacial score (nSPS) is 10.0. The van der Waals surface area contributed by atoms with Gasteiger partial charge in [0.25, 0.3) is 0 Å². The lowest BCUT2D eigenvalue weighted by atomic mass is 10.2. The first kappa shape index (κ1) is 12.8. The minimum Gasteiger partial charge on any atom is -0.494 e. The third-order valence-corrected chi connectivity index (χ3v) is 2.44. The van der Waals surface area contributed by atoms with E-state index in [0.717, 1.165) is 0 Å². The van der Waals surface area contributed by atoms with E-state index in [-0.39, 0.29) is 5.56 Å². The number of carboxylic acids is 1. The van der Waals surface area contributed by atoms with Crippen molar-refractivity contribution in [3.63, 3.8) is 0 Å². The quantitative estimate of drug-likeness (QED) is 0.886. The van der Waals surface area contributed by atoms with E-state index in [0.29, 0.717) is 17.3 Å². The van der Waals surface area contributed by atoms with Crippen LogP contribution in [0.15, 0.2) is 36.5 Å². The monoisotopic (exact) mass is 262 g/mol. The summed E-state index contributed by atoms with van der Waals surface area (Å²) in [5.74, 6) is -0.672. The van der Waals surface area contributed by atoms with E-state index in [1.54, 1.807) is 0 Å². The Hall–Kier alpha value is -2.63. The number of benzene rings is 1. The molecule has 1 aromatic heterocycles. The molecule has 19 heavy (non-hydrogen) atoms. The van der Waals surface area contributed by atoms with Crippen molar-refractivity contribution < 1.29 is 19.0 Å².